The van der Waals surface area contributed by atoms with Crippen molar-refractivity contribution in [2.75, 3.05) is 26.2 Å². The number of aromatic nitrogens is 2. The quantitative estimate of drug-likeness (QED) is 0.443. The van der Waals surface area contributed by atoms with E-state index in [0.29, 0.717) is 32.5 Å². The fourth-order valence-electron chi connectivity index (χ4n) is 3.05. The first-order chi connectivity index (χ1) is 14.5. The highest BCUT2D eigenvalue weighted by Crippen LogP contribution is 2.21. The molecule has 0 unspecified atom stereocenters. The third-order valence-electron chi connectivity index (χ3n) is 4.59. The summed E-state index contributed by atoms with van der Waals surface area (Å²) in [7, 11) is -3.77. The Balaban J connectivity index is 1.49. The van der Waals surface area contributed by atoms with Gasteiger partial charge in [0.05, 0.1) is 24.4 Å². The first-order valence-corrected chi connectivity index (χ1v) is 11.1. The molecule has 2 amide bonds. The van der Waals surface area contributed by atoms with Crippen LogP contribution in [0.15, 0.2) is 53.9 Å². The number of carbonyl (C=O) groups is 2. The zero-order valence-corrected chi connectivity index (χ0v) is 17.3. The normalized spacial score (nSPS) is 17.4. The number of aryl methyl sites for hydroxylation is 1. The number of amides is 2. The van der Waals surface area contributed by atoms with E-state index in [1.807, 2.05) is 10.8 Å². The van der Waals surface area contributed by atoms with E-state index in [2.05, 4.69) is 15.6 Å². The van der Waals surface area contributed by atoms with Gasteiger partial charge in [-0.3, -0.25) is 9.59 Å². The van der Waals surface area contributed by atoms with Crippen LogP contribution in [0.4, 0.5) is 0 Å². The van der Waals surface area contributed by atoms with Crippen LogP contribution >= 0.6 is 0 Å². The van der Waals surface area contributed by atoms with Gasteiger partial charge in [-0.1, -0.05) is 18.2 Å². The van der Waals surface area contributed by atoms with Crippen LogP contribution in [-0.4, -0.2) is 66.6 Å². The molecule has 0 spiro atoms. The Morgan fingerprint density at radius 1 is 1.17 bits per heavy atom. The molecule has 0 bridgehead atoms. The van der Waals surface area contributed by atoms with Gasteiger partial charge in [-0.25, -0.2) is 13.4 Å². The molecule has 0 aliphatic carbocycles. The number of carbonyl (C=O) groups excluding carboxylic acids is 2. The Labute approximate surface area is 175 Å². The number of rotatable bonds is 8. The first-order valence-electron chi connectivity index (χ1n) is 9.69. The van der Waals surface area contributed by atoms with Crippen molar-refractivity contribution in [3.63, 3.8) is 0 Å². The summed E-state index contributed by atoms with van der Waals surface area (Å²) >= 11 is 0. The number of nitrogens with one attached hydrogen (secondary N) is 2. The van der Waals surface area contributed by atoms with Gasteiger partial charge < -0.3 is 19.9 Å². The SMILES string of the molecule is O=C(NCCCn1ccnc1)C(=O)NC[C@H]1OCCCN1S(=O)(=O)c1ccccc1. The minimum atomic E-state index is -3.77. The molecule has 1 aromatic heterocycles. The monoisotopic (exact) mass is 435 g/mol. The molecule has 1 saturated heterocycles. The summed E-state index contributed by atoms with van der Waals surface area (Å²) in [5, 5.41) is 5.01. The number of hydrogen-bond donors (Lipinski definition) is 2. The van der Waals surface area contributed by atoms with E-state index in [1.54, 1.807) is 30.7 Å². The molecule has 1 atom stereocenters. The molecule has 2 heterocycles. The molecule has 1 aliphatic heterocycles. The third kappa shape index (κ3) is 5.65. The molecule has 2 N–H and O–H groups in total. The molecule has 1 fully saturated rings. The van der Waals surface area contributed by atoms with Crippen molar-refractivity contribution in [2.24, 2.45) is 0 Å². The fraction of sp³-hybridized carbons (Fsp3) is 0.421. The van der Waals surface area contributed by atoms with Crippen LogP contribution in [0.5, 0.6) is 0 Å². The zero-order valence-electron chi connectivity index (χ0n) is 16.4. The Kier molecular flexibility index (Phi) is 7.55. The van der Waals surface area contributed by atoms with Crippen LogP contribution in [0, 0.1) is 0 Å². The minimum Gasteiger partial charge on any atom is -0.360 e. The van der Waals surface area contributed by atoms with E-state index in [-0.39, 0.29) is 18.0 Å². The maximum Gasteiger partial charge on any atom is 0.309 e. The van der Waals surface area contributed by atoms with Gasteiger partial charge in [0.25, 0.3) is 0 Å². The lowest BCUT2D eigenvalue weighted by molar-refractivity contribution is -0.140. The van der Waals surface area contributed by atoms with E-state index in [1.165, 1.54) is 16.4 Å². The predicted octanol–water partition coefficient (Wildman–Crippen LogP) is -0.0571. The number of benzene rings is 1. The molecule has 162 valence electrons. The summed E-state index contributed by atoms with van der Waals surface area (Å²) in [4.78, 5) is 28.1. The van der Waals surface area contributed by atoms with Crippen LogP contribution in [0.1, 0.15) is 12.8 Å². The average molecular weight is 436 g/mol. The molecule has 30 heavy (non-hydrogen) atoms. The molecule has 2 aromatic rings. The van der Waals surface area contributed by atoms with Crippen molar-refractivity contribution >= 4 is 21.8 Å². The maximum atomic E-state index is 12.9. The summed E-state index contributed by atoms with van der Waals surface area (Å²) < 4.78 is 34.4. The van der Waals surface area contributed by atoms with Gasteiger partial charge in [0, 0.05) is 32.0 Å². The Bertz CT molecular complexity index is 933. The summed E-state index contributed by atoms with van der Waals surface area (Å²) in [5.74, 6) is -1.60. The number of imidazole rings is 1. The number of nitrogens with zero attached hydrogens (tertiary/aromatic N) is 3. The second kappa shape index (κ2) is 10.3. The van der Waals surface area contributed by atoms with Gasteiger partial charge >= 0.3 is 11.8 Å². The molecule has 1 aromatic carbocycles. The lowest BCUT2D eigenvalue weighted by Gasteiger charge is -2.34. The van der Waals surface area contributed by atoms with Gasteiger partial charge in [-0.15, -0.1) is 0 Å². The van der Waals surface area contributed by atoms with Gasteiger partial charge in [-0.05, 0) is 25.0 Å². The topological polar surface area (TPSA) is 123 Å². The maximum absolute atomic E-state index is 12.9. The summed E-state index contributed by atoms with van der Waals surface area (Å²) in [6, 6.07) is 8.04. The summed E-state index contributed by atoms with van der Waals surface area (Å²) in [6.45, 7) is 1.54. The van der Waals surface area contributed by atoms with Crippen LogP contribution < -0.4 is 10.6 Å². The highest BCUT2D eigenvalue weighted by atomic mass is 32.2. The van der Waals surface area contributed by atoms with Crippen LogP contribution in [0.3, 0.4) is 0 Å². The molecular weight excluding hydrogens is 410 g/mol. The standard InChI is InChI=1S/C19H25N5O5S/c25-18(21-8-4-10-23-12-9-20-15-23)19(26)22-14-17-24(11-5-13-29-17)30(27,28)16-6-2-1-3-7-16/h1-3,6-7,9,12,15,17H,4-5,8,10-11,13-14H2,(H,21,25)(H,22,26)/t17-/m1/s1. The largest absolute Gasteiger partial charge is 0.360 e. The van der Waals surface area contributed by atoms with E-state index >= 15 is 0 Å². The lowest BCUT2D eigenvalue weighted by atomic mass is 10.3. The van der Waals surface area contributed by atoms with Crippen molar-refractivity contribution in [2.45, 2.75) is 30.5 Å². The third-order valence-corrected chi connectivity index (χ3v) is 6.49. The Hall–Kier alpha value is -2.76. The van der Waals surface area contributed by atoms with Gasteiger partial charge in [0.15, 0.2) is 0 Å². The fourth-order valence-corrected chi connectivity index (χ4v) is 4.64. The molecule has 0 saturated carbocycles. The van der Waals surface area contributed by atoms with Crippen molar-refractivity contribution in [1.29, 1.82) is 0 Å². The zero-order chi connectivity index (χ0) is 21.4. The summed E-state index contributed by atoms with van der Waals surface area (Å²) in [5.41, 5.74) is 0. The Morgan fingerprint density at radius 3 is 2.67 bits per heavy atom. The van der Waals surface area contributed by atoms with Crippen LogP contribution in [0.25, 0.3) is 0 Å². The predicted molar refractivity (Wildman–Crippen MR) is 108 cm³/mol. The summed E-state index contributed by atoms with van der Waals surface area (Å²) in [6.07, 6.45) is 5.47. The number of sulfonamides is 1. The lowest BCUT2D eigenvalue weighted by Crippen LogP contribution is -2.53. The van der Waals surface area contributed by atoms with E-state index in [9.17, 15) is 18.0 Å². The van der Waals surface area contributed by atoms with Crippen LogP contribution in [-0.2, 0) is 30.9 Å². The molecule has 10 nitrogen and oxygen atoms in total. The van der Waals surface area contributed by atoms with E-state index < -0.39 is 28.1 Å². The molecule has 11 heteroatoms. The minimum absolute atomic E-state index is 0.118. The van der Waals surface area contributed by atoms with Crippen LogP contribution in [0.2, 0.25) is 0 Å². The highest BCUT2D eigenvalue weighted by Gasteiger charge is 2.34. The second-order valence-corrected chi connectivity index (χ2v) is 8.62. The van der Waals surface area contributed by atoms with Gasteiger partial charge in [0.1, 0.15) is 6.23 Å². The number of hydrogen-bond acceptors (Lipinski definition) is 6. The van der Waals surface area contributed by atoms with Gasteiger partial charge in [0.2, 0.25) is 10.0 Å². The second-order valence-electron chi connectivity index (χ2n) is 6.73. The van der Waals surface area contributed by atoms with Gasteiger partial charge in [-0.2, -0.15) is 4.31 Å². The molecule has 1 aliphatic rings. The smallest absolute Gasteiger partial charge is 0.309 e. The highest BCUT2D eigenvalue weighted by molar-refractivity contribution is 7.89. The van der Waals surface area contributed by atoms with Crippen molar-refractivity contribution < 1.29 is 22.7 Å². The van der Waals surface area contributed by atoms with Crippen molar-refractivity contribution in [1.82, 2.24) is 24.5 Å². The average Bonchev–Trinajstić information content (AvgIpc) is 3.29. The Morgan fingerprint density at radius 2 is 1.93 bits per heavy atom. The first kappa shape index (κ1) is 21.9. The van der Waals surface area contributed by atoms with E-state index in [0.717, 1.165) is 0 Å². The van der Waals surface area contributed by atoms with E-state index in [4.69, 9.17) is 4.74 Å². The van der Waals surface area contributed by atoms with Crippen molar-refractivity contribution in [3.05, 3.63) is 49.1 Å². The molecule has 0 radical (unpaired) electrons. The molecule has 3 rings (SSSR count). The molecular formula is C19H25N5O5S. The van der Waals surface area contributed by atoms with Crippen molar-refractivity contribution in [3.8, 4) is 0 Å². The number of ether oxygens (including phenoxy) is 1.